The van der Waals surface area contributed by atoms with Crippen molar-refractivity contribution >= 4 is 15.5 Å². The molecule has 1 atom stereocenters. The fourth-order valence-corrected chi connectivity index (χ4v) is 3.01. The normalized spacial score (nSPS) is 19.9. The smallest absolute Gasteiger partial charge is 0.381 e. The molecule has 0 saturated carbocycles. The zero-order chi connectivity index (χ0) is 14.8. The van der Waals surface area contributed by atoms with Crippen LogP contribution in [-0.4, -0.2) is 20.0 Å². The Hall–Kier alpha value is -1.50. The molecule has 0 fully saturated rings. The molecule has 0 radical (unpaired) electrons. The van der Waals surface area contributed by atoms with E-state index in [0.29, 0.717) is 6.42 Å². The van der Waals surface area contributed by atoms with Gasteiger partial charge < -0.3 is 5.32 Å². The van der Waals surface area contributed by atoms with Crippen molar-refractivity contribution < 1.29 is 21.6 Å². The lowest BCUT2D eigenvalue weighted by molar-refractivity contribution is -0.0435. The molecule has 7 heteroatoms. The molecule has 0 aromatic heterocycles. The van der Waals surface area contributed by atoms with Gasteiger partial charge in [0, 0.05) is 6.04 Å². The maximum Gasteiger partial charge on any atom is 0.501 e. The largest absolute Gasteiger partial charge is 0.501 e. The number of rotatable bonds is 3. The molecule has 0 aliphatic heterocycles. The van der Waals surface area contributed by atoms with E-state index < -0.39 is 20.2 Å². The van der Waals surface area contributed by atoms with Gasteiger partial charge in [-0.15, -0.1) is 0 Å². The van der Waals surface area contributed by atoms with Crippen LogP contribution in [0.1, 0.15) is 19.3 Å². The summed E-state index contributed by atoms with van der Waals surface area (Å²) in [6.07, 6.45) is 6.18. The number of anilines is 1. The van der Waals surface area contributed by atoms with E-state index in [1.165, 1.54) is 18.2 Å². The van der Waals surface area contributed by atoms with Crippen LogP contribution in [0.5, 0.6) is 0 Å². The quantitative estimate of drug-likeness (QED) is 0.869. The summed E-state index contributed by atoms with van der Waals surface area (Å²) in [4.78, 5) is -0.720. The highest BCUT2D eigenvalue weighted by atomic mass is 32.2. The van der Waals surface area contributed by atoms with Crippen molar-refractivity contribution in [1.82, 2.24) is 0 Å². The first-order valence-electron chi connectivity index (χ1n) is 6.14. The van der Waals surface area contributed by atoms with Crippen molar-refractivity contribution in [3.8, 4) is 0 Å². The van der Waals surface area contributed by atoms with E-state index in [-0.39, 0.29) is 11.7 Å². The Morgan fingerprint density at radius 2 is 1.85 bits per heavy atom. The summed E-state index contributed by atoms with van der Waals surface area (Å²) in [7, 11) is -5.34. The van der Waals surface area contributed by atoms with Gasteiger partial charge in [0.25, 0.3) is 9.84 Å². The van der Waals surface area contributed by atoms with Crippen molar-refractivity contribution in [2.75, 3.05) is 5.32 Å². The minimum Gasteiger partial charge on any atom is -0.381 e. The standard InChI is InChI=1S/C13H14F3NO2S/c14-13(15,16)20(18,19)12-9-5-4-8-11(12)17-10-6-2-1-3-7-10/h1-2,4-5,8-10,17H,3,6-7H2. The van der Waals surface area contributed by atoms with Gasteiger partial charge in [-0.1, -0.05) is 24.3 Å². The molecule has 1 unspecified atom stereocenters. The monoisotopic (exact) mass is 305 g/mol. The number of nitrogens with one attached hydrogen (secondary N) is 1. The molecule has 1 aliphatic carbocycles. The average Bonchev–Trinajstić information content (AvgIpc) is 2.39. The summed E-state index contributed by atoms with van der Waals surface area (Å²) >= 11 is 0. The lowest BCUT2D eigenvalue weighted by atomic mass is 10.0. The number of alkyl halides is 3. The number of para-hydroxylation sites is 1. The summed E-state index contributed by atoms with van der Waals surface area (Å²) < 4.78 is 61.0. The predicted molar refractivity (Wildman–Crippen MR) is 70.1 cm³/mol. The number of halogens is 3. The van der Waals surface area contributed by atoms with Gasteiger partial charge in [0.1, 0.15) is 0 Å². The second-order valence-corrected chi connectivity index (χ2v) is 6.48. The van der Waals surface area contributed by atoms with Gasteiger partial charge in [0.05, 0.1) is 10.6 Å². The van der Waals surface area contributed by atoms with Gasteiger partial charge in [0.2, 0.25) is 0 Å². The van der Waals surface area contributed by atoms with Crippen molar-refractivity contribution in [2.24, 2.45) is 0 Å². The fourth-order valence-electron chi connectivity index (χ4n) is 2.09. The maximum absolute atomic E-state index is 12.7. The third kappa shape index (κ3) is 2.98. The third-order valence-electron chi connectivity index (χ3n) is 3.11. The highest BCUT2D eigenvalue weighted by Crippen LogP contribution is 2.34. The maximum atomic E-state index is 12.7. The summed E-state index contributed by atoms with van der Waals surface area (Å²) in [6, 6.07) is 5.08. The number of sulfone groups is 1. The zero-order valence-electron chi connectivity index (χ0n) is 10.5. The minimum atomic E-state index is -5.34. The first-order chi connectivity index (χ1) is 9.32. The van der Waals surface area contributed by atoms with Gasteiger partial charge in [-0.3, -0.25) is 0 Å². The van der Waals surface area contributed by atoms with Crippen LogP contribution < -0.4 is 5.32 Å². The van der Waals surface area contributed by atoms with E-state index in [0.717, 1.165) is 18.9 Å². The van der Waals surface area contributed by atoms with Gasteiger partial charge in [-0.05, 0) is 31.4 Å². The topological polar surface area (TPSA) is 46.2 Å². The predicted octanol–water partition coefficient (Wildman–Crippen LogP) is 3.50. The summed E-state index contributed by atoms with van der Waals surface area (Å²) in [6.45, 7) is 0. The lowest BCUT2D eigenvalue weighted by Crippen LogP contribution is -2.26. The summed E-state index contributed by atoms with van der Waals surface area (Å²) in [5, 5.41) is 2.90. The van der Waals surface area contributed by atoms with Crippen molar-refractivity contribution in [3.63, 3.8) is 0 Å². The van der Waals surface area contributed by atoms with E-state index >= 15 is 0 Å². The molecule has 1 aliphatic rings. The number of hydrogen-bond donors (Lipinski definition) is 1. The van der Waals surface area contributed by atoms with Gasteiger partial charge >= 0.3 is 5.51 Å². The SMILES string of the molecule is O=S(=O)(c1ccccc1NC1CC=CCC1)C(F)(F)F. The van der Waals surface area contributed by atoms with Crippen LogP contribution in [0, 0.1) is 0 Å². The van der Waals surface area contributed by atoms with Crippen molar-refractivity contribution in [3.05, 3.63) is 36.4 Å². The van der Waals surface area contributed by atoms with Crippen LogP contribution in [0.2, 0.25) is 0 Å². The summed E-state index contributed by atoms with van der Waals surface area (Å²) in [5.41, 5.74) is -5.29. The molecule has 1 N–H and O–H groups in total. The Bertz CT molecular complexity index is 608. The highest BCUT2D eigenvalue weighted by Gasteiger charge is 2.48. The Balaban J connectivity index is 2.34. The molecule has 0 amide bonds. The van der Waals surface area contributed by atoms with Crippen LogP contribution in [0.15, 0.2) is 41.3 Å². The Morgan fingerprint density at radius 1 is 1.15 bits per heavy atom. The summed E-state index contributed by atoms with van der Waals surface area (Å²) in [5.74, 6) is 0. The molecule has 3 nitrogen and oxygen atoms in total. The molecule has 2 rings (SSSR count). The second-order valence-electron chi connectivity index (χ2n) is 4.57. The van der Waals surface area contributed by atoms with E-state index in [1.54, 1.807) is 0 Å². The number of allylic oxidation sites excluding steroid dienone is 1. The van der Waals surface area contributed by atoms with Crippen LogP contribution in [0.25, 0.3) is 0 Å². The van der Waals surface area contributed by atoms with Crippen LogP contribution in [-0.2, 0) is 9.84 Å². The van der Waals surface area contributed by atoms with Gasteiger partial charge in [0.15, 0.2) is 0 Å². The molecule has 0 bridgehead atoms. The third-order valence-corrected chi connectivity index (χ3v) is 4.65. The fraction of sp³-hybridized carbons (Fsp3) is 0.385. The second kappa shape index (κ2) is 5.47. The Kier molecular flexibility index (Phi) is 4.08. The lowest BCUT2D eigenvalue weighted by Gasteiger charge is -2.22. The molecule has 110 valence electrons. The number of benzene rings is 1. The first-order valence-corrected chi connectivity index (χ1v) is 7.62. The van der Waals surface area contributed by atoms with E-state index in [9.17, 15) is 21.6 Å². The molecule has 0 heterocycles. The van der Waals surface area contributed by atoms with E-state index in [4.69, 9.17) is 0 Å². The van der Waals surface area contributed by atoms with Crippen LogP contribution >= 0.6 is 0 Å². The molecule has 0 saturated heterocycles. The number of hydrogen-bond acceptors (Lipinski definition) is 3. The van der Waals surface area contributed by atoms with Gasteiger partial charge in [-0.2, -0.15) is 13.2 Å². The molecular weight excluding hydrogens is 291 g/mol. The van der Waals surface area contributed by atoms with Crippen LogP contribution in [0.3, 0.4) is 0 Å². The van der Waals surface area contributed by atoms with Crippen molar-refractivity contribution in [2.45, 2.75) is 35.7 Å². The highest BCUT2D eigenvalue weighted by molar-refractivity contribution is 7.92. The molecule has 20 heavy (non-hydrogen) atoms. The van der Waals surface area contributed by atoms with E-state index in [1.807, 2.05) is 12.2 Å². The van der Waals surface area contributed by atoms with E-state index in [2.05, 4.69) is 5.32 Å². The zero-order valence-corrected chi connectivity index (χ0v) is 11.3. The Labute approximate surface area is 115 Å². The Morgan fingerprint density at radius 3 is 2.45 bits per heavy atom. The van der Waals surface area contributed by atoms with Crippen LogP contribution in [0.4, 0.5) is 18.9 Å². The average molecular weight is 305 g/mol. The minimum absolute atomic E-state index is 0.00475. The van der Waals surface area contributed by atoms with Crippen molar-refractivity contribution in [1.29, 1.82) is 0 Å². The molecule has 1 aromatic rings. The van der Waals surface area contributed by atoms with Gasteiger partial charge in [-0.25, -0.2) is 8.42 Å². The molecular formula is C13H14F3NO2S. The first kappa shape index (κ1) is 14.9. The molecule has 0 spiro atoms. The molecule has 1 aromatic carbocycles.